The largest absolute Gasteiger partial charge is 0.423 e. The van der Waals surface area contributed by atoms with Crippen molar-refractivity contribution in [3.8, 4) is 0 Å². The number of halogens is 2. The summed E-state index contributed by atoms with van der Waals surface area (Å²) >= 11 is 12.5. The SMILES string of the molecule is C=CC[C@@H]1O[C@@H](c2cccc(Cl)c2)[C@@H](c2ccc(Cl)cc2)N([C@@H](CCC)c2nnc(C)o2)C1=O. The topological polar surface area (TPSA) is 68.5 Å². The van der Waals surface area contributed by atoms with Crippen molar-refractivity contribution in [2.45, 2.75) is 57.4 Å². The molecule has 0 N–H and O–H groups in total. The van der Waals surface area contributed by atoms with Crippen molar-refractivity contribution in [2.24, 2.45) is 0 Å². The highest BCUT2D eigenvalue weighted by atomic mass is 35.5. The van der Waals surface area contributed by atoms with Crippen LogP contribution in [0.5, 0.6) is 0 Å². The van der Waals surface area contributed by atoms with E-state index in [1.165, 1.54) is 0 Å². The maximum absolute atomic E-state index is 13.9. The fraction of sp³-hybridized carbons (Fsp3) is 0.346. The molecule has 0 radical (unpaired) electrons. The molecule has 0 unspecified atom stereocenters. The van der Waals surface area contributed by atoms with Crippen LogP contribution < -0.4 is 0 Å². The maximum atomic E-state index is 13.9. The second-order valence-corrected chi connectivity index (χ2v) is 9.20. The van der Waals surface area contributed by atoms with Gasteiger partial charge in [-0.15, -0.1) is 16.8 Å². The molecule has 178 valence electrons. The van der Waals surface area contributed by atoms with Gasteiger partial charge in [-0.1, -0.05) is 66.9 Å². The molecule has 1 amide bonds. The first-order valence-electron chi connectivity index (χ1n) is 11.3. The Balaban J connectivity index is 1.91. The van der Waals surface area contributed by atoms with E-state index in [4.69, 9.17) is 32.4 Å². The molecular weight excluding hydrogens is 473 g/mol. The zero-order valence-electron chi connectivity index (χ0n) is 19.2. The van der Waals surface area contributed by atoms with E-state index in [-0.39, 0.29) is 5.91 Å². The number of aromatic nitrogens is 2. The highest BCUT2D eigenvalue weighted by molar-refractivity contribution is 6.30. The Labute approximate surface area is 209 Å². The fourth-order valence-corrected chi connectivity index (χ4v) is 4.78. The van der Waals surface area contributed by atoms with Crippen molar-refractivity contribution in [3.05, 3.63) is 94.1 Å². The molecule has 0 saturated carbocycles. The molecule has 1 aliphatic heterocycles. The standard InChI is InChI=1S/C26H27Cl2N3O3/c1-4-7-21(25-30-29-16(3)33-25)31-23(17-11-13-19(27)14-12-17)24(18-9-6-10-20(28)15-18)34-22(8-5-2)26(31)32/h5-6,9-15,21-24H,2,4,7-8H2,1,3H3/t21-,22-,23+,24-/m0/s1. The van der Waals surface area contributed by atoms with Gasteiger partial charge in [0, 0.05) is 23.4 Å². The summed E-state index contributed by atoms with van der Waals surface area (Å²) in [4.78, 5) is 15.8. The van der Waals surface area contributed by atoms with Gasteiger partial charge in [-0.05, 0) is 41.8 Å². The lowest BCUT2D eigenvalue weighted by Gasteiger charge is -2.47. The van der Waals surface area contributed by atoms with Gasteiger partial charge in [-0.2, -0.15) is 0 Å². The molecule has 4 atom stereocenters. The number of rotatable bonds is 8. The van der Waals surface area contributed by atoms with E-state index < -0.39 is 24.3 Å². The third-order valence-electron chi connectivity index (χ3n) is 5.92. The summed E-state index contributed by atoms with van der Waals surface area (Å²) in [5.41, 5.74) is 1.76. The molecule has 6 nitrogen and oxygen atoms in total. The van der Waals surface area contributed by atoms with Gasteiger partial charge in [0.1, 0.15) is 18.2 Å². The number of ether oxygens (including phenoxy) is 1. The van der Waals surface area contributed by atoms with E-state index in [0.717, 1.165) is 17.5 Å². The number of aryl methyl sites for hydroxylation is 1. The van der Waals surface area contributed by atoms with Crippen LogP contribution in [0.25, 0.3) is 0 Å². The highest BCUT2D eigenvalue weighted by Crippen LogP contribution is 2.47. The number of carbonyl (C=O) groups excluding carboxylic acids is 1. The van der Waals surface area contributed by atoms with Crippen molar-refractivity contribution < 1.29 is 13.9 Å². The summed E-state index contributed by atoms with van der Waals surface area (Å²) in [5, 5.41) is 9.52. The first-order chi connectivity index (χ1) is 16.4. The highest BCUT2D eigenvalue weighted by Gasteiger charge is 2.47. The third kappa shape index (κ3) is 5.04. The molecule has 3 aromatic rings. The number of benzene rings is 2. The normalized spacial score (nSPS) is 21.5. The van der Waals surface area contributed by atoms with Crippen molar-refractivity contribution in [1.82, 2.24) is 15.1 Å². The van der Waals surface area contributed by atoms with Crippen molar-refractivity contribution in [2.75, 3.05) is 0 Å². The molecule has 2 heterocycles. The lowest BCUT2D eigenvalue weighted by atomic mass is 9.89. The molecule has 1 saturated heterocycles. The van der Waals surface area contributed by atoms with Crippen LogP contribution in [0, 0.1) is 6.92 Å². The van der Waals surface area contributed by atoms with Gasteiger partial charge in [0.2, 0.25) is 11.8 Å². The number of nitrogens with zero attached hydrogens (tertiary/aromatic N) is 3. The molecule has 0 spiro atoms. The van der Waals surface area contributed by atoms with E-state index in [9.17, 15) is 4.79 Å². The Hall–Kier alpha value is -2.67. The summed E-state index contributed by atoms with van der Waals surface area (Å²) in [7, 11) is 0. The van der Waals surface area contributed by atoms with Crippen LogP contribution in [-0.2, 0) is 9.53 Å². The Bertz CT molecular complexity index is 1150. The first kappa shape index (κ1) is 24.5. The van der Waals surface area contributed by atoms with Gasteiger partial charge >= 0.3 is 0 Å². The lowest BCUT2D eigenvalue weighted by molar-refractivity contribution is -0.180. The average Bonchev–Trinajstić information content (AvgIpc) is 3.25. The van der Waals surface area contributed by atoms with Crippen LogP contribution >= 0.6 is 23.2 Å². The van der Waals surface area contributed by atoms with Gasteiger partial charge in [-0.25, -0.2) is 0 Å². The summed E-state index contributed by atoms with van der Waals surface area (Å²) in [6.07, 6.45) is 2.36. The monoisotopic (exact) mass is 499 g/mol. The van der Waals surface area contributed by atoms with Crippen LogP contribution in [-0.4, -0.2) is 27.1 Å². The van der Waals surface area contributed by atoms with Crippen LogP contribution in [0.1, 0.15) is 67.3 Å². The summed E-state index contributed by atoms with van der Waals surface area (Å²) < 4.78 is 12.3. The number of morpholine rings is 1. The molecule has 8 heteroatoms. The van der Waals surface area contributed by atoms with Gasteiger partial charge < -0.3 is 14.1 Å². The molecule has 0 aliphatic carbocycles. The van der Waals surface area contributed by atoms with Gasteiger partial charge in [0.05, 0.1) is 6.04 Å². The minimum atomic E-state index is -0.701. The summed E-state index contributed by atoms with van der Waals surface area (Å²) in [5.74, 6) is 0.720. The molecule has 2 aromatic carbocycles. The molecule has 4 rings (SSSR count). The number of hydrogen-bond donors (Lipinski definition) is 0. The van der Waals surface area contributed by atoms with Gasteiger partial charge in [0.15, 0.2) is 0 Å². The third-order valence-corrected chi connectivity index (χ3v) is 6.41. The molecule has 1 aromatic heterocycles. The number of carbonyl (C=O) groups is 1. The van der Waals surface area contributed by atoms with Crippen LogP contribution in [0.15, 0.2) is 65.6 Å². The van der Waals surface area contributed by atoms with Crippen LogP contribution in [0.4, 0.5) is 0 Å². The van der Waals surface area contributed by atoms with Gasteiger partial charge in [-0.3, -0.25) is 4.79 Å². The van der Waals surface area contributed by atoms with Gasteiger partial charge in [0.25, 0.3) is 5.91 Å². The molecule has 0 bridgehead atoms. The second kappa shape index (κ2) is 10.7. The zero-order chi connectivity index (χ0) is 24.2. The predicted octanol–water partition coefficient (Wildman–Crippen LogP) is 6.81. The van der Waals surface area contributed by atoms with Crippen molar-refractivity contribution >= 4 is 29.1 Å². The Morgan fingerprint density at radius 2 is 1.88 bits per heavy atom. The molecule has 1 aliphatic rings. The lowest BCUT2D eigenvalue weighted by Crippen LogP contribution is -2.52. The molecule has 1 fully saturated rings. The fourth-order valence-electron chi connectivity index (χ4n) is 4.46. The van der Waals surface area contributed by atoms with Crippen LogP contribution in [0.3, 0.4) is 0 Å². The maximum Gasteiger partial charge on any atom is 0.253 e. The quantitative estimate of drug-likeness (QED) is 0.318. The van der Waals surface area contributed by atoms with E-state index in [1.807, 2.05) is 53.4 Å². The molecule has 34 heavy (non-hydrogen) atoms. The molecular formula is C26H27Cl2N3O3. The summed E-state index contributed by atoms with van der Waals surface area (Å²) in [6.45, 7) is 7.63. The predicted molar refractivity (Wildman–Crippen MR) is 132 cm³/mol. The minimum absolute atomic E-state index is 0.146. The van der Waals surface area contributed by atoms with E-state index >= 15 is 0 Å². The van der Waals surface area contributed by atoms with E-state index in [2.05, 4.69) is 23.7 Å². The summed E-state index contributed by atoms with van der Waals surface area (Å²) in [6, 6.07) is 14.1. The Kier molecular flexibility index (Phi) is 7.71. The van der Waals surface area contributed by atoms with Crippen molar-refractivity contribution in [1.29, 1.82) is 0 Å². The smallest absolute Gasteiger partial charge is 0.253 e. The van der Waals surface area contributed by atoms with Crippen LogP contribution in [0.2, 0.25) is 10.0 Å². The number of hydrogen-bond acceptors (Lipinski definition) is 5. The Morgan fingerprint density at radius 3 is 2.50 bits per heavy atom. The second-order valence-electron chi connectivity index (χ2n) is 8.33. The average molecular weight is 500 g/mol. The first-order valence-corrected chi connectivity index (χ1v) is 12.1. The number of amides is 1. The zero-order valence-corrected chi connectivity index (χ0v) is 20.7. The van der Waals surface area contributed by atoms with Crippen molar-refractivity contribution in [3.63, 3.8) is 0 Å². The van der Waals surface area contributed by atoms with E-state index in [1.54, 1.807) is 13.0 Å². The van der Waals surface area contributed by atoms with E-state index in [0.29, 0.717) is 34.7 Å². The minimum Gasteiger partial charge on any atom is -0.423 e. The Morgan fingerprint density at radius 1 is 1.12 bits per heavy atom.